The Morgan fingerprint density at radius 1 is 1.26 bits per heavy atom. The average Bonchev–Trinajstić information content (AvgIpc) is 3.25. The molecule has 0 bridgehead atoms. The first kappa shape index (κ1) is 33.3. The molecular formula is C30H36ClFN7O7P. The molecule has 0 spiro atoms. The Bertz CT molecular complexity index is 1880. The molecule has 17 heteroatoms. The zero-order valence-electron chi connectivity index (χ0n) is 26.3. The van der Waals surface area contributed by atoms with Gasteiger partial charge >= 0.3 is 13.7 Å². The Kier molecular flexibility index (Phi) is 8.38. The average molecular weight is 692 g/mol. The van der Waals surface area contributed by atoms with Crippen molar-refractivity contribution in [2.24, 2.45) is 5.41 Å². The van der Waals surface area contributed by atoms with Crippen molar-refractivity contribution in [3.05, 3.63) is 48.8 Å². The summed E-state index contributed by atoms with van der Waals surface area (Å²) in [5.41, 5.74) is 1.72. The first-order chi connectivity index (χ1) is 22.2. The molecule has 2 fully saturated rings. The van der Waals surface area contributed by atoms with E-state index in [1.165, 1.54) is 17.8 Å². The topological polar surface area (TPSA) is 185 Å². The van der Waals surface area contributed by atoms with Crippen LogP contribution in [-0.2, 0) is 23.4 Å². The maximum atomic E-state index is 16.4. The van der Waals surface area contributed by atoms with Crippen LogP contribution >= 0.6 is 19.3 Å². The number of aromatic nitrogens is 4. The molecule has 47 heavy (non-hydrogen) atoms. The Balaban J connectivity index is 1.31. The van der Waals surface area contributed by atoms with Crippen molar-refractivity contribution in [3.8, 4) is 5.75 Å². The van der Waals surface area contributed by atoms with E-state index in [1.54, 1.807) is 31.3 Å². The SMILES string of the molecule is CNc1nc(N)nc2c1ncn2[C@@H]1O[C@]2(CCl)C(OP(=O)(N[C@H](C)C(=O)OCC(C)(C)C)Oc3cccc4ccccc34)[C@]2(O)[C@H]1F. The summed E-state index contributed by atoms with van der Waals surface area (Å²) in [4.78, 5) is 25.4. The van der Waals surface area contributed by atoms with Gasteiger partial charge in [0.15, 0.2) is 35.0 Å². The van der Waals surface area contributed by atoms with Gasteiger partial charge in [-0.3, -0.25) is 13.9 Å². The zero-order valence-corrected chi connectivity index (χ0v) is 28.0. The van der Waals surface area contributed by atoms with Crippen molar-refractivity contribution < 1.29 is 37.4 Å². The van der Waals surface area contributed by atoms with E-state index in [-0.39, 0.29) is 29.4 Å². The molecule has 1 aliphatic heterocycles. The van der Waals surface area contributed by atoms with Crippen LogP contribution in [0.5, 0.6) is 5.75 Å². The number of hydrogen-bond acceptors (Lipinski definition) is 12. The molecule has 5 N–H and O–H groups in total. The maximum Gasteiger partial charge on any atom is 0.459 e. The maximum absolute atomic E-state index is 16.4. The van der Waals surface area contributed by atoms with Crippen LogP contribution in [0.15, 0.2) is 48.8 Å². The number of anilines is 2. The number of nitrogens with zero attached hydrogens (tertiary/aromatic N) is 4. The van der Waals surface area contributed by atoms with Gasteiger partial charge < -0.3 is 30.2 Å². The fraction of sp³-hybridized carbons (Fsp3) is 0.467. The number of halogens is 2. The van der Waals surface area contributed by atoms with Crippen LogP contribution in [0, 0.1) is 5.41 Å². The van der Waals surface area contributed by atoms with Crippen molar-refractivity contribution in [1.29, 1.82) is 0 Å². The summed E-state index contributed by atoms with van der Waals surface area (Å²) in [5, 5.41) is 18.6. The highest BCUT2D eigenvalue weighted by Crippen LogP contribution is 2.69. The van der Waals surface area contributed by atoms with Gasteiger partial charge in [0.1, 0.15) is 23.5 Å². The van der Waals surface area contributed by atoms with E-state index in [0.717, 1.165) is 5.39 Å². The van der Waals surface area contributed by atoms with Gasteiger partial charge in [0, 0.05) is 12.4 Å². The molecule has 2 aromatic heterocycles. The molecule has 2 aliphatic rings. The highest BCUT2D eigenvalue weighted by molar-refractivity contribution is 7.52. The molecule has 1 aliphatic carbocycles. The standard InChI is InChI=1S/C30H36ClFN7O7P/c1-16(25(40)43-14-28(2,3)4)38-47(42,45-19-12-8-10-17-9-6-7-11-18(17)19)46-26-29(13-31)30(26,41)21(32)24(44-29)39-15-35-20-22(34-5)36-27(33)37-23(20)39/h6-12,15-16,21,24,26,41H,13-14H2,1-5H3,(H,38,42)(H3,33,34,36,37)/t16-,21+,24-,26?,29-,30-,47?/m1/s1. The normalized spacial score (nSPS) is 27.3. The van der Waals surface area contributed by atoms with Crippen molar-refractivity contribution >= 4 is 59.0 Å². The molecule has 252 valence electrons. The minimum absolute atomic E-state index is 0.0955. The van der Waals surface area contributed by atoms with Crippen LogP contribution in [0.2, 0.25) is 0 Å². The Labute approximate surface area is 274 Å². The number of nitrogens with one attached hydrogen (secondary N) is 2. The van der Waals surface area contributed by atoms with Crippen LogP contribution in [0.4, 0.5) is 16.2 Å². The number of nitrogens with two attached hydrogens (primary N) is 1. The fourth-order valence-corrected chi connectivity index (χ4v) is 7.88. The molecule has 0 radical (unpaired) electrons. The molecule has 1 saturated heterocycles. The molecule has 14 nitrogen and oxygen atoms in total. The summed E-state index contributed by atoms with van der Waals surface area (Å²) >= 11 is 6.33. The predicted octanol–water partition coefficient (Wildman–Crippen LogP) is 4.33. The van der Waals surface area contributed by atoms with Crippen LogP contribution < -0.4 is 20.7 Å². The second kappa shape index (κ2) is 11.8. The summed E-state index contributed by atoms with van der Waals surface area (Å²) in [6, 6.07) is 11.1. The largest absolute Gasteiger partial charge is 0.464 e. The highest BCUT2D eigenvalue weighted by atomic mass is 35.5. The molecule has 3 heterocycles. The van der Waals surface area contributed by atoms with Crippen LogP contribution in [0.25, 0.3) is 21.9 Å². The number of nitrogen functional groups attached to an aromatic ring is 1. The number of carbonyl (C=O) groups is 1. The van der Waals surface area contributed by atoms with E-state index < -0.39 is 55.3 Å². The molecule has 4 aromatic rings. The number of carbonyl (C=O) groups excluding carboxylic acids is 1. The van der Waals surface area contributed by atoms with Gasteiger partial charge in [0.2, 0.25) is 5.95 Å². The molecule has 6 rings (SSSR count). The van der Waals surface area contributed by atoms with Crippen molar-refractivity contribution in [2.75, 3.05) is 30.6 Å². The van der Waals surface area contributed by atoms with Gasteiger partial charge in [-0.05, 0) is 23.8 Å². The summed E-state index contributed by atoms with van der Waals surface area (Å²) in [5.74, 6) is -0.800. The lowest BCUT2D eigenvalue weighted by molar-refractivity contribution is -0.148. The number of aliphatic hydroxyl groups is 1. The van der Waals surface area contributed by atoms with Crippen molar-refractivity contribution in [3.63, 3.8) is 0 Å². The first-order valence-corrected chi connectivity index (χ1v) is 16.9. The van der Waals surface area contributed by atoms with E-state index in [0.29, 0.717) is 16.7 Å². The summed E-state index contributed by atoms with van der Waals surface area (Å²) in [6.45, 7) is 7.20. The fourth-order valence-electron chi connectivity index (χ4n) is 5.70. The Hall–Kier alpha value is -3.59. The van der Waals surface area contributed by atoms with Crippen molar-refractivity contribution in [2.45, 2.75) is 63.4 Å². The van der Waals surface area contributed by atoms with E-state index in [4.69, 9.17) is 35.9 Å². The number of benzene rings is 2. The number of rotatable bonds is 11. The van der Waals surface area contributed by atoms with Gasteiger partial charge in [-0.25, -0.2) is 13.9 Å². The number of fused-ring (bicyclic) bond motifs is 3. The van der Waals surface area contributed by atoms with Crippen LogP contribution in [0.3, 0.4) is 0 Å². The van der Waals surface area contributed by atoms with Gasteiger partial charge in [0.25, 0.3) is 0 Å². The van der Waals surface area contributed by atoms with E-state index in [2.05, 4.69) is 25.4 Å². The lowest BCUT2D eigenvalue weighted by atomic mass is 9.99. The minimum Gasteiger partial charge on any atom is -0.464 e. The third kappa shape index (κ3) is 5.68. The number of esters is 1. The third-order valence-corrected chi connectivity index (χ3v) is 10.2. The van der Waals surface area contributed by atoms with Crippen molar-refractivity contribution in [1.82, 2.24) is 24.6 Å². The molecule has 1 saturated carbocycles. The monoisotopic (exact) mass is 691 g/mol. The number of ether oxygens (including phenoxy) is 2. The van der Waals surface area contributed by atoms with E-state index >= 15 is 4.39 Å². The first-order valence-electron chi connectivity index (χ1n) is 14.8. The second-order valence-electron chi connectivity index (χ2n) is 12.8. The Morgan fingerprint density at radius 3 is 2.66 bits per heavy atom. The Morgan fingerprint density at radius 2 is 1.98 bits per heavy atom. The number of alkyl halides is 2. The summed E-state index contributed by atoms with van der Waals surface area (Å²) < 4.78 is 55.7. The quantitative estimate of drug-likeness (QED) is 0.0991. The van der Waals surface area contributed by atoms with E-state index in [9.17, 15) is 14.5 Å². The molecule has 0 amide bonds. The zero-order chi connectivity index (χ0) is 33.9. The molecular weight excluding hydrogens is 656 g/mol. The highest BCUT2D eigenvalue weighted by Gasteiger charge is 2.90. The van der Waals surface area contributed by atoms with E-state index in [1.807, 2.05) is 39.0 Å². The third-order valence-electron chi connectivity index (χ3n) is 8.13. The number of imidazole rings is 1. The van der Waals surface area contributed by atoms with Gasteiger partial charge in [0.05, 0.1) is 18.8 Å². The lowest BCUT2D eigenvalue weighted by Crippen LogP contribution is -2.38. The predicted molar refractivity (Wildman–Crippen MR) is 173 cm³/mol. The number of hydrogen-bond donors (Lipinski definition) is 4. The van der Waals surface area contributed by atoms with Crippen LogP contribution in [-0.4, -0.2) is 79.6 Å². The molecule has 2 aromatic carbocycles. The summed E-state index contributed by atoms with van der Waals surface area (Å²) in [7, 11) is -2.99. The lowest BCUT2D eigenvalue weighted by Gasteiger charge is -2.27. The second-order valence-corrected chi connectivity index (χ2v) is 14.7. The van der Waals surface area contributed by atoms with Crippen LogP contribution in [0.1, 0.15) is 33.9 Å². The molecule has 7 atom stereocenters. The van der Waals surface area contributed by atoms with Gasteiger partial charge in [-0.1, -0.05) is 57.2 Å². The smallest absolute Gasteiger partial charge is 0.459 e. The molecule has 2 unspecified atom stereocenters. The summed E-state index contributed by atoms with van der Waals surface area (Å²) in [6.07, 6.45) is -3.92. The van der Waals surface area contributed by atoms with Gasteiger partial charge in [-0.15, -0.1) is 11.6 Å². The minimum atomic E-state index is -4.61. The van der Waals surface area contributed by atoms with Gasteiger partial charge in [-0.2, -0.15) is 15.1 Å².